The van der Waals surface area contributed by atoms with Gasteiger partial charge in [-0.05, 0) is 19.8 Å². The predicted molar refractivity (Wildman–Crippen MR) is 53.0 cm³/mol. The lowest BCUT2D eigenvalue weighted by Crippen LogP contribution is -2.29. The molecule has 0 saturated carbocycles. The predicted octanol–water partition coefficient (Wildman–Crippen LogP) is 1.50. The highest BCUT2D eigenvalue weighted by Crippen LogP contribution is 2.28. The van der Waals surface area contributed by atoms with E-state index >= 15 is 0 Å². The quantitative estimate of drug-likeness (QED) is 0.634. The molecule has 0 aromatic carbocycles. The van der Waals surface area contributed by atoms with Crippen LogP contribution in [0.2, 0.25) is 0 Å². The number of hydrogen-bond acceptors (Lipinski definition) is 3. The lowest BCUT2D eigenvalue weighted by Gasteiger charge is -2.24. The van der Waals surface area contributed by atoms with Crippen molar-refractivity contribution in [1.29, 1.82) is 0 Å². The zero-order valence-corrected chi connectivity index (χ0v) is 7.97. The summed E-state index contributed by atoms with van der Waals surface area (Å²) >= 11 is 0. The molecule has 2 rings (SSSR count). The second-order valence-corrected chi connectivity index (χ2v) is 3.52. The van der Waals surface area contributed by atoms with Crippen LogP contribution in [0.3, 0.4) is 0 Å². The van der Waals surface area contributed by atoms with Crippen molar-refractivity contribution in [3.8, 4) is 0 Å². The summed E-state index contributed by atoms with van der Waals surface area (Å²) in [5, 5.41) is 9.00. The van der Waals surface area contributed by atoms with Gasteiger partial charge in [-0.1, -0.05) is 0 Å². The van der Waals surface area contributed by atoms with Crippen LogP contribution in [-0.2, 0) is 0 Å². The highest BCUT2D eigenvalue weighted by Gasteiger charge is 2.21. The molecular weight excluding hydrogens is 180 g/mol. The van der Waals surface area contributed by atoms with Crippen LogP contribution in [0.1, 0.15) is 31.6 Å². The molecule has 1 aliphatic heterocycles. The molecule has 0 fully saturated rings. The number of fused-ring (bicyclic) bond motifs is 1. The Morgan fingerprint density at radius 3 is 3.21 bits per heavy atom. The Bertz CT molecular complexity index is 434. The fourth-order valence-electron chi connectivity index (χ4n) is 1.81. The number of aliphatic hydroxyl groups is 1. The first-order chi connectivity index (χ1) is 6.74. The third kappa shape index (κ3) is 1.23. The summed E-state index contributed by atoms with van der Waals surface area (Å²) < 4.78 is 1.63. The number of nitrogens with zero attached hydrogens (tertiary/aromatic N) is 2. The van der Waals surface area contributed by atoms with E-state index < -0.39 is 0 Å². The Hall–Kier alpha value is -1.58. The van der Waals surface area contributed by atoms with E-state index in [4.69, 9.17) is 5.11 Å². The van der Waals surface area contributed by atoms with Crippen LogP contribution < -0.4 is 5.56 Å². The molecular formula is C10H12N2O2. The number of hydrogen-bond donors (Lipinski definition) is 1. The van der Waals surface area contributed by atoms with Crippen LogP contribution in [0.4, 0.5) is 0 Å². The lowest BCUT2D eigenvalue weighted by molar-refractivity contribution is 0.442. The van der Waals surface area contributed by atoms with Gasteiger partial charge in [0.05, 0.1) is 6.26 Å². The maximum Gasteiger partial charge on any atom is 0.253 e. The van der Waals surface area contributed by atoms with E-state index in [-0.39, 0.29) is 11.6 Å². The molecule has 0 bridgehead atoms. The number of aromatic nitrogens is 2. The fourth-order valence-corrected chi connectivity index (χ4v) is 1.81. The largest absolute Gasteiger partial charge is 0.515 e. The van der Waals surface area contributed by atoms with Crippen LogP contribution in [-0.4, -0.2) is 14.7 Å². The van der Waals surface area contributed by atoms with Gasteiger partial charge < -0.3 is 5.11 Å². The summed E-state index contributed by atoms with van der Waals surface area (Å²) in [5.74, 6) is 0.596. The summed E-state index contributed by atoms with van der Waals surface area (Å²) in [6.45, 7) is 1.99. The van der Waals surface area contributed by atoms with Crippen LogP contribution in [0, 0.1) is 0 Å². The number of allylic oxidation sites excluding steroid dienone is 1. The molecule has 14 heavy (non-hydrogen) atoms. The van der Waals surface area contributed by atoms with E-state index in [2.05, 4.69) is 4.98 Å². The Labute approximate surface area is 81.5 Å². The molecule has 1 aromatic rings. The van der Waals surface area contributed by atoms with Gasteiger partial charge in [0.15, 0.2) is 0 Å². The van der Waals surface area contributed by atoms with Gasteiger partial charge >= 0.3 is 0 Å². The average Bonchev–Trinajstić information content (AvgIpc) is 2.18. The van der Waals surface area contributed by atoms with Crippen molar-refractivity contribution in [1.82, 2.24) is 9.55 Å². The first kappa shape index (κ1) is 8.99. The van der Waals surface area contributed by atoms with Gasteiger partial charge in [-0.2, -0.15) is 0 Å². The molecule has 0 saturated heterocycles. The molecule has 4 nitrogen and oxygen atoms in total. The van der Waals surface area contributed by atoms with Gasteiger partial charge in [0, 0.05) is 23.9 Å². The normalized spacial score (nSPS) is 23.5. The van der Waals surface area contributed by atoms with Crippen molar-refractivity contribution in [2.24, 2.45) is 0 Å². The fraction of sp³-hybridized carbons (Fsp3) is 0.400. The minimum Gasteiger partial charge on any atom is -0.515 e. The maximum absolute atomic E-state index is 11.5. The monoisotopic (exact) mass is 192 g/mol. The van der Waals surface area contributed by atoms with Gasteiger partial charge in [-0.25, -0.2) is 4.98 Å². The molecule has 1 atom stereocenters. The zero-order chi connectivity index (χ0) is 10.1. The van der Waals surface area contributed by atoms with E-state index in [1.54, 1.807) is 4.57 Å². The second kappa shape index (κ2) is 3.29. The SMILES string of the molecule is CC1CC/C(=C/O)c2nccc(=O)n21. The third-order valence-electron chi connectivity index (χ3n) is 2.59. The van der Waals surface area contributed by atoms with Crippen molar-refractivity contribution in [3.63, 3.8) is 0 Å². The van der Waals surface area contributed by atoms with Gasteiger partial charge in [0.2, 0.25) is 0 Å². The van der Waals surface area contributed by atoms with Crippen molar-refractivity contribution >= 4 is 5.57 Å². The highest BCUT2D eigenvalue weighted by atomic mass is 16.2. The van der Waals surface area contributed by atoms with E-state index in [0.717, 1.165) is 24.7 Å². The molecule has 2 heterocycles. The molecule has 0 aliphatic carbocycles. The van der Waals surface area contributed by atoms with Crippen LogP contribution in [0.15, 0.2) is 23.3 Å². The Balaban J connectivity index is 2.68. The smallest absolute Gasteiger partial charge is 0.253 e. The minimum atomic E-state index is -0.0541. The maximum atomic E-state index is 11.5. The molecule has 74 valence electrons. The summed E-state index contributed by atoms with van der Waals surface area (Å²) in [4.78, 5) is 15.7. The first-order valence-corrected chi connectivity index (χ1v) is 4.65. The molecule has 1 aromatic heterocycles. The van der Waals surface area contributed by atoms with E-state index in [0.29, 0.717) is 5.82 Å². The molecule has 4 heteroatoms. The number of rotatable bonds is 0. The molecule has 0 radical (unpaired) electrons. The van der Waals surface area contributed by atoms with Crippen molar-refractivity contribution in [2.45, 2.75) is 25.8 Å². The topological polar surface area (TPSA) is 55.1 Å². The standard InChI is InChI=1S/C10H12N2O2/c1-7-2-3-8(6-13)10-11-5-4-9(14)12(7)10/h4-7,13H,2-3H2,1H3/b8-6-. The Kier molecular flexibility index (Phi) is 2.11. The molecule has 0 amide bonds. The highest BCUT2D eigenvalue weighted by molar-refractivity contribution is 5.59. The number of aliphatic hydroxyl groups excluding tert-OH is 1. The van der Waals surface area contributed by atoms with Crippen LogP contribution >= 0.6 is 0 Å². The summed E-state index contributed by atoms with van der Waals surface area (Å²) in [7, 11) is 0. The molecule has 1 unspecified atom stereocenters. The van der Waals surface area contributed by atoms with Crippen LogP contribution in [0.25, 0.3) is 5.57 Å². The van der Waals surface area contributed by atoms with Gasteiger partial charge in [0.1, 0.15) is 5.82 Å². The second-order valence-electron chi connectivity index (χ2n) is 3.52. The van der Waals surface area contributed by atoms with Gasteiger partial charge in [0.25, 0.3) is 5.56 Å². The molecule has 0 spiro atoms. The Morgan fingerprint density at radius 1 is 1.71 bits per heavy atom. The summed E-state index contributed by atoms with van der Waals surface area (Å²) in [6, 6.07) is 1.61. The lowest BCUT2D eigenvalue weighted by atomic mass is 10.0. The average molecular weight is 192 g/mol. The van der Waals surface area contributed by atoms with Gasteiger partial charge in [-0.15, -0.1) is 0 Å². The Morgan fingerprint density at radius 2 is 2.50 bits per heavy atom. The van der Waals surface area contributed by atoms with Crippen molar-refractivity contribution < 1.29 is 5.11 Å². The van der Waals surface area contributed by atoms with Crippen molar-refractivity contribution in [3.05, 3.63) is 34.7 Å². The van der Waals surface area contributed by atoms with Crippen LogP contribution in [0.5, 0.6) is 0 Å². The zero-order valence-electron chi connectivity index (χ0n) is 7.97. The van der Waals surface area contributed by atoms with E-state index in [1.165, 1.54) is 12.3 Å². The van der Waals surface area contributed by atoms with E-state index in [9.17, 15) is 4.79 Å². The van der Waals surface area contributed by atoms with E-state index in [1.807, 2.05) is 6.92 Å². The third-order valence-corrected chi connectivity index (χ3v) is 2.59. The molecule has 1 aliphatic rings. The minimum absolute atomic E-state index is 0.0541. The summed E-state index contributed by atoms with van der Waals surface area (Å²) in [5.41, 5.74) is 0.683. The molecule has 1 N–H and O–H groups in total. The van der Waals surface area contributed by atoms with Crippen molar-refractivity contribution in [2.75, 3.05) is 0 Å². The summed E-state index contributed by atoms with van der Waals surface area (Å²) in [6.07, 6.45) is 4.17. The first-order valence-electron chi connectivity index (χ1n) is 4.65. The van der Waals surface area contributed by atoms with Gasteiger partial charge in [-0.3, -0.25) is 9.36 Å².